The number of nitrogens with zero attached hydrogens (tertiary/aromatic N) is 2. The molecule has 2 heteroatoms. The molecule has 0 unspecified atom stereocenters. The average molecular weight is 223 g/mol. The maximum atomic E-state index is 2.44. The van der Waals surface area contributed by atoms with Gasteiger partial charge in [0.05, 0.1) is 19.0 Å². The predicted molar refractivity (Wildman–Crippen MR) is 68.5 cm³/mol. The van der Waals surface area contributed by atoms with Crippen LogP contribution in [0.25, 0.3) is 0 Å². The van der Waals surface area contributed by atoms with Gasteiger partial charge in [-0.05, 0) is 19.3 Å². The van der Waals surface area contributed by atoms with Crippen LogP contribution in [0.2, 0.25) is 0 Å². The summed E-state index contributed by atoms with van der Waals surface area (Å²) in [4.78, 5) is 0. The minimum atomic E-state index is 0.614. The Kier molecular flexibility index (Phi) is 5.58. The highest BCUT2D eigenvalue weighted by Crippen LogP contribution is 2.12. The summed E-state index contributed by atoms with van der Waals surface area (Å²) in [5.41, 5.74) is 0. The molecule has 2 nitrogen and oxygen atoms in total. The third-order valence-electron chi connectivity index (χ3n) is 3.00. The topological polar surface area (TPSA) is 8.81 Å². The smallest absolute Gasteiger partial charge is 0.234 e. The van der Waals surface area contributed by atoms with E-state index in [1.54, 1.807) is 0 Å². The van der Waals surface area contributed by atoms with Crippen LogP contribution >= 0.6 is 0 Å². The molecule has 0 aliphatic rings. The zero-order valence-electron chi connectivity index (χ0n) is 11.4. The fourth-order valence-corrected chi connectivity index (χ4v) is 2.29. The van der Waals surface area contributed by atoms with Gasteiger partial charge in [0.1, 0.15) is 12.4 Å². The molecule has 0 N–H and O–H groups in total. The average Bonchev–Trinajstić information content (AvgIpc) is 2.62. The molecule has 0 saturated heterocycles. The minimum Gasteiger partial charge on any atom is -0.234 e. The van der Waals surface area contributed by atoms with E-state index in [0.29, 0.717) is 5.92 Å². The normalized spacial score (nSPS) is 11.3. The highest BCUT2D eigenvalue weighted by Gasteiger charge is 2.19. The number of unbranched alkanes of at least 4 members (excludes halogenated alkanes) is 2. The fraction of sp³-hybridized carbons (Fsp3) is 0.786. The van der Waals surface area contributed by atoms with Crippen molar-refractivity contribution in [3.63, 3.8) is 0 Å². The molecule has 0 saturated carbocycles. The van der Waals surface area contributed by atoms with Crippen LogP contribution in [0.15, 0.2) is 12.4 Å². The van der Waals surface area contributed by atoms with Gasteiger partial charge in [-0.2, -0.15) is 0 Å². The molecule has 0 aliphatic heterocycles. The molecule has 92 valence electrons. The van der Waals surface area contributed by atoms with E-state index in [1.807, 2.05) is 0 Å². The van der Waals surface area contributed by atoms with Gasteiger partial charge in [0.25, 0.3) is 5.82 Å². The van der Waals surface area contributed by atoms with Crippen LogP contribution < -0.4 is 4.57 Å². The Bertz CT molecular complexity index is 300. The lowest BCUT2D eigenvalue weighted by Crippen LogP contribution is -2.37. The first kappa shape index (κ1) is 13.3. The maximum absolute atomic E-state index is 2.44. The molecule has 0 aliphatic carbocycles. The summed E-state index contributed by atoms with van der Waals surface area (Å²) in [6, 6.07) is 0. The quantitative estimate of drug-likeness (QED) is 0.494. The minimum absolute atomic E-state index is 0.614. The Hall–Kier alpha value is -0.790. The Morgan fingerprint density at radius 3 is 2.50 bits per heavy atom. The van der Waals surface area contributed by atoms with E-state index < -0.39 is 0 Å². The molecule has 0 bridgehead atoms. The molecule has 1 rings (SSSR count). The largest absolute Gasteiger partial charge is 0.258 e. The number of hydrogen-bond donors (Lipinski definition) is 0. The molecule has 0 aromatic carbocycles. The van der Waals surface area contributed by atoms with Crippen molar-refractivity contribution in [2.45, 2.75) is 72.4 Å². The highest BCUT2D eigenvalue weighted by molar-refractivity contribution is 4.89. The number of hydrogen-bond acceptors (Lipinski definition) is 0. The maximum Gasteiger partial charge on any atom is 0.258 e. The SMILES string of the molecule is CCCCCn1cc[n+](CCC)c1C(C)C. The summed E-state index contributed by atoms with van der Waals surface area (Å²) in [6.07, 6.45) is 9.64. The molecular weight excluding hydrogens is 196 g/mol. The molecule has 0 atom stereocenters. The second-order valence-corrected chi connectivity index (χ2v) is 4.90. The van der Waals surface area contributed by atoms with Crippen LogP contribution in [0.3, 0.4) is 0 Å². The molecule has 1 heterocycles. The Labute approximate surface area is 100 Å². The van der Waals surface area contributed by atoms with Crippen molar-refractivity contribution in [3.8, 4) is 0 Å². The number of rotatable bonds is 7. The Morgan fingerprint density at radius 2 is 1.94 bits per heavy atom. The molecule has 1 aromatic heterocycles. The molecule has 0 fully saturated rings. The Morgan fingerprint density at radius 1 is 1.19 bits per heavy atom. The van der Waals surface area contributed by atoms with Gasteiger partial charge in [0, 0.05) is 0 Å². The van der Waals surface area contributed by atoms with Crippen LogP contribution in [0.1, 0.15) is 65.1 Å². The van der Waals surface area contributed by atoms with Crippen molar-refractivity contribution in [1.29, 1.82) is 0 Å². The lowest BCUT2D eigenvalue weighted by molar-refractivity contribution is -0.704. The van der Waals surface area contributed by atoms with Gasteiger partial charge in [0.2, 0.25) is 0 Å². The van der Waals surface area contributed by atoms with Gasteiger partial charge >= 0.3 is 0 Å². The van der Waals surface area contributed by atoms with Gasteiger partial charge in [-0.15, -0.1) is 0 Å². The van der Waals surface area contributed by atoms with Gasteiger partial charge in [-0.3, -0.25) is 0 Å². The van der Waals surface area contributed by atoms with Crippen molar-refractivity contribution in [2.24, 2.45) is 0 Å². The predicted octanol–water partition coefficient (Wildman–Crippen LogP) is 3.50. The molecule has 0 spiro atoms. The lowest BCUT2D eigenvalue weighted by Gasteiger charge is -2.07. The van der Waals surface area contributed by atoms with Crippen LogP contribution in [0.4, 0.5) is 0 Å². The first-order valence-corrected chi connectivity index (χ1v) is 6.79. The standard InChI is InChI=1S/C14H27N2/c1-5-7-8-10-16-12-11-15(9-6-2)14(16)13(3)4/h11-13H,5-10H2,1-4H3/q+1. The summed E-state index contributed by atoms with van der Waals surface area (Å²) in [6.45, 7) is 11.4. The summed E-state index contributed by atoms with van der Waals surface area (Å²) in [5.74, 6) is 2.10. The molecule has 0 radical (unpaired) electrons. The van der Waals surface area contributed by atoms with E-state index in [2.05, 4.69) is 49.2 Å². The van der Waals surface area contributed by atoms with E-state index in [0.717, 1.165) is 6.54 Å². The monoisotopic (exact) mass is 223 g/mol. The van der Waals surface area contributed by atoms with E-state index in [-0.39, 0.29) is 0 Å². The van der Waals surface area contributed by atoms with Crippen LogP contribution in [0, 0.1) is 0 Å². The third kappa shape index (κ3) is 3.36. The first-order chi connectivity index (χ1) is 7.70. The van der Waals surface area contributed by atoms with Crippen molar-refractivity contribution < 1.29 is 4.57 Å². The van der Waals surface area contributed by atoms with Gasteiger partial charge < -0.3 is 0 Å². The van der Waals surface area contributed by atoms with Crippen LogP contribution in [0.5, 0.6) is 0 Å². The van der Waals surface area contributed by atoms with E-state index in [1.165, 1.54) is 38.1 Å². The summed E-state index contributed by atoms with van der Waals surface area (Å²) in [7, 11) is 0. The zero-order valence-corrected chi connectivity index (χ0v) is 11.4. The summed E-state index contributed by atoms with van der Waals surface area (Å²) < 4.78 is 4.85. The zero-order chi connectivity index (χ0) is 12.0. The molecule has 1 aromatic rings. The first-order valence-electron chi connectivity index (χ1n) is 6.79. The third-order valence-corrected chi connectivity index (χ3v) is 3.00. The van der Waals surface area contributed by atoms with E-state index in [9.17, 15) is 0 Å². The highest BCUT2D eigenvalue weighted by atomic mass is 15.1. The van der Waals surface area contributed by atoms with E-state index in [4.69, 9.17) is 0 Å². The fourth-order valence-electron chi connectivity index (χ4n) is 2.29. The van der Waals surface area contributed by atoms with Crippen molar-refractivity contribution in [2.75, 3.05) is 0 Å². The number of imidazole rings is 1. The van der Waals surface area contributed by atoms with Gasteiger partial charge in [0.15, 0.2) is 0 Å². The summed E-state index contributed by atoms with van der Waals surface area (Å²) >= 11 is 0. The molecular formula is C14H27N2+. The summed E-state index contributed by atoms with van der Waals surface area (Å²) in [5, 5.41) is 0. The second kappa shape index (κ2) is 6.72. The van der Waals surface area contributed by atoms with Gasteiger partial charge in [-0.1, -0.05) is 34.1 Å². The van der Waals surface area contributed by atoms with Crippen molar-refractivity contribution >= 4 is 0 Å². The number of aryl methyl sites for hydroxylation is 2. The van der Waals surface area contributed by atoms with Gasteiger partial charge in [-0.25, -0.2) is 9.13 Å². The number of aromatic nitrogens is 2. The van der Waals surface area contributed by atoms with Crippen LogP contribution in [-0.2, 0) is 13.1 Å². The van der Waals surface area contributed by atoms with Crippen molar-refractivity contribution in [1.82, 2.24) is 4.57 Å². The van der Waals surface area contributed by atoms with Crippen LogP contribution in [-0.4, -0.2) is 4.57 Å². The molecule has 0 amide bonds. The second-order valence-electron chi connectivity index (χ2n) is 4.90. The lowest BCUT2D eigenvalue weighted by atomic mass is 10.2. The molecule has 16 heavy (non-hydrogen) atoms. The van der Waals surface area contributed by atoms with E-state index >= 15 is 0 Å². The Balaban J connectivity index is 2.74. The van der Waals surface area contributed by atoms with Crippen molar-refractivity contribution in [3.05, 3.63) is 18.2 Å².